The maximum atomic E-state index is 2.42. The van der Waals surface area contributed by atoms with Gasteiger partial charge in [-0.3, -0.25) is 0 Å². The molecule has 0 aliphatic rings. The van der Waals surface area contributed by atoms with E-state index in [4.69, 9.17) is 0 Å². The summed E-state index contributed by atoms with van der Waals surface area (Å²) in [4.78, 5) is 1.46. The van der Waals surface area contributed by atoms with Gasteiger partial charge in [0.15, 0.2) is 0 Å². The number of rotatable bonds is 1. The first kappa shape index (κ1) is 6.55. The Balaban J connectivity index is 2.77. The summed E-state index contributed by atoms with van der Waals surface area (Å²) in [6.45, 7) is 2.20. The summed E-state index contributed by atoms with van der Waals surface area (Å²) in [6, 6.07) is 4.26. The van der Waals surface area contributed by atoms with Crippen molar-refractivity contribution in [3.8, 4) is 0 Å². The molecule has 0 saturated carbocycles. The quantitative estimate of drug-likeness (QED) is 0.520. The van der Waals surface area contributed by atoms with Crippen molar-refractivity contribution in [3.63, 3.8) is 0 Å². The summed E-state index contributed by atoms with van der Waals surface area (Å²) in [7, 11) is 0. The Morgan fingerprint density at radius 3 is 2.75 bits per heavy atom. The number of hydrogen-bond donors (Lipinski definition) is 0. The van der Waals surface area contributed by atoms with Gasteiger partial charge < -0.3 is 0 Å². The molecular formula is C6H7IS. The van der Waals surface area contributed by atoms with Crippen LogP contribution in [0.25, 0.3) is 0 Å². The van der Waals surface area contributed by atoms with Crippen molar-refractivity contribution in [2.75, 3.05) is 0 Å². The van der Waals surface area contributed by atoms with Gasteiger partial charge in [0.2, 0.25) is 0 Å². The highest BCUT2D eigenvalue weighted by atomic mass is 127. The van der Waals surface area contributed by atoms with Gasteiger partial charge in [-0.15, -0.1) is 11.3 Å². The molecule has 0 aliphatic heterocycles. The zero-order valence-electron chi connectivity index (χ0n) is 4.60. The van der Waals surface area contributed by atoms with Gasteiger partial charge in [-0.25, -0.2) is 0 Å². The predicted octanol–water partition coefficient (Wildman–Crippen LogP) is 3.24. The molecule has 1 atom stereocenters. The van der Waals surface area contributed by atoms with E-state index in [-0.39, 0.29) is 0 Å². The number of halogens is 1. The summed E-state index contributed by atoms with van der Waals surface area (Å²) in [5.74, 6) is 0. The van der Waals surface area contributed by atoms with Crippen LogP contribution in [0, 0.1) is 0 Å². The molecule has 0 saturated heterocycles. The van der Waals surface area contributed by atoms with Crippen molar-refractivity contribution in [2.24, 2.45) is 0 Å². The standard InChI is InChI=1S/C6H7IS/c1-5(7)6-3-2-4-8-6/h2-5H,1H3. The number of alkyl halides is 1. The van der Waals surface area contributed by atoms with E-state index in [9.17, 15) is 0 Å². The Labute approximate surface area is 67.1 Å². The molecule has 1 rings (SSSR count). The largest absolute Gasteiger partial charge is 0.148 e. The average Bonchev–Trinajstić information content (AvgIpc) is 2.12. The summed E-state index contributed by atoms with van der Waals surface area (Å²) >= 11 is 4.24. The van der Waals surface area contributed by atoms with Gasteiger partial charge in [0.05, 0.1) is 0 Å². The van der Waals surface area contributed by atoms with Crippen LogP contribution in [0.5, 0.6) is 0 Å². The van der Waals surface area contributed by atoms with Gasteiger partial charge in [-0.1, -0.05) is 28.7 Å². The molecule has 0 nitrogen and oxygen atoms in total. The lowest BCUT2D eigenvalue weighted by Crippen LogP contribution is -1.71. The third kappa shape index (κ3) is 1.45. The molecule has 1 heterocycles. The van der Waals surface area contributed by atoms with Crippen LogP contribution < -0.4 is 0 Å². The third-order valence-corrected chi connectivity index (χ3v) is 3.08. The second-order valence-electron chi connectivity index (χ2n) is 1.63. The van der Waals surface area contributed by atoms with Crippen molar-refractivity contribution in [1.29, 1.82) is 0 Å². The molecule has 0 radical (unpaired) electrons. The van der Waals surface area contributed by atoms with E-state index >= 15 is 0 Å². The van der Waals surface area contributed by atoms with Crippen LogP contribution in [0.2, 0.25) is 0 Å². The van der Waals surface area contributed by atoms with Crippen LogP contribution in [0.4, 0.5) is 0 Å². The molecule has 1 aromatic heterocycles. The first-order chi connectivity index (χ1) is 3.80. The van der Waals surface area contributed by atoms with E-state index in [1.165, 1.54) is 4.88 Å². The maximum absolute atomic E-state index is 2.42. The van der Waals surface area contributed by atoms with E-state index in [2.05, 4.69) is 47.0 Å². The third-order valence-electron chi connectivity index (χ3n) is 0.935. The predicted molar refractivity (Wildman–Crippen MR) is 46.8 cm³/mol. The topological polar surface area (TPSA) is 0 Å². The second kappa shape index (κ2) is 2.82. The van der Waals surface area contributed by atoms with Crippen molar-refractivity contribution in [3.05, 3.63) is 22.4 Å². The fourth-order valence-electron chi connectivity index (χ4n) is 0.518. The molecule has 0 spiro atoms. The minimum atomic E-state index is 0.674. The lowest BCUT2D eigenvalue weighted by atomic mass is 10.4. The summed E-state index contributed by atoms with van der Waals surface area (Å²) in [5.41, 5.74) is 0. The lowest BCUT2D eigenvalue weighted by Gasteiger charge is -1.93. The van der Waals surface area contributed by atoms with Gasteiger partial charge >= 0.3 is 0 Å². The minimum absolute atomic E-state index is 0.674. The van der Waals surface area contributed by atoms with Gasteiger partial charge in [0.1, 0.15) is 0 Å². The van der Waals surface area contributed by atoms with Crippen LogP contribution in [-0.4, -0.2) is 0 Å². The molecule has 8 heavy (non-hydrogen) atoms. The Morgan fingerprint density at radius 1 is 1.75 bits per heavy atom. The monoisotopic (exact) mass is 238 g/mol. The number of thiophene rings is 1. The Bertz CT molecular complexity index is 144. The van der Waals surface area contributed by atoms with E-state index in [1.807, 2.05) is 11.3 Å². The Kier molecular flexibility index (Phi) is 2.31. The van der Waals surface area contributed by atoms with E-state index in [0.717, 1.165) is 0 Å². The number of hydrogen-bond acceptors (Lipinski definition) is 1. The SMILES string of the molecule is CC(I)c1cccs1. The maximum Gasteiger partial charge on any atom is 0.0425 e. The van der Waals surface area contributed by atoms with Crippen LogP contribution in [0.15, 0.2) is 17.5 Å². The van der Waals surface area contributed by atoms with Gasteiger partial charge in [0, 0.05) is 8.80 Å². The van der Waals surface area contributed by atoms with Gasteiger partial charge in [-0.2, -0.15) is 0 Å². The van der Waals surface area contributed by atoms with Gasteiger partial charge in [-0.05, 0) is 18.4 Å². The molecule has 0 bridgehead atoms. The summed E-state index contributed by atoms with van der Waals surface area (Å²) in [5, 5.41) is 2.12. The van der Waals surface area contributed by atoms with Crippen LogP contribution in [-0.2, 0) is 0 Å². The first-order valence-electron chi connectivity index (χ1n) is 2.48. The fourth-order valence-corrected chi connectivity index (χ4v) is 1.82. The molecule has 0 amide bonds. The molecular weight excluding hydrogens is 231 g/mol. The van der Waals surface area contributed by atoms with Crippen molar-refractivity contribution in [1.82, 2.24) is 0 Å². The Hall–Kier alpha value is 0.430. The lowest BCUT2D eigenvalue weighted by molar-refractivity contribution is 1.19. The zero-order valence-corrected chi connectivity index (χ0v) is 7.57. The first-order valence-corrected chi connectivity index (χ1v) is 4.60. The van der Waals surface area contributed by atoms with Crippen molar-refractivity contribution < 1.29 is 0 Å². The molecule has 44 valence electrons. The van der Waals surface area contributed by atoms with Crippen LogP contribution >= 0.6 is 33.9 Å². The van der Waals surface area contributed by atoms with E-state index in [1.54, 1.807) is 0 Å². The average molecular weight is 238 g/mol. The normalized spacial score (nSPS) is 13.8. The smallest absolute Gasteiger partial charge is 0.0425 e. The summed E-state index contributed by atoms with van der Waals surface area (Å²) < 4.78 is 0.674. The molecule has 2 heteroatoms. The second-order valence-corrected chi connectivity index (χ2v) is 4.48. The highest BCUT2D eigenvalue weighted by molar-refractivity contribution is 14.1. The van der Waals surface area contributed by atoms with Crippen molar-refractivity contribution in [2.45, 2.75) is 10.8 Å². The van der Waals surface area contributed by atoms with Gasteiger partial charge in [0.25, 0.3) is 0 Å². The highest BCUT2D eigenvalue weighted by Gasteiger charge is 1.97. The molecule has 0 aromatic carbocycles. The van der Waals surface area contributed by atoms with E-state index in [0.29, 0.717) is 3.92 Å². The molecule has 0 fully saturated rings. The highest BCUT2D eigenvalue weighted by Crippen LogP contribution is 2.25. The van der Waals surface area contributed by atoms with Crippen LogP contribution in [0.1, 0.15) is 15.7 Å². The van der Waals surface area contributed by atoms with Crippen LogP contribution in [0.3, 0.4) is 0 Å². The fraction of sp³-hybridized carbons (Fsp3) is 0.333. The van der Waals surface area contributed by atoms with E-state index < -0.39 is 0 Å². The molecule has 0 aliphatic carbocycles. The Morgan fingerprint density at radius 2 is 2.50 bits per heavy atom. The zero-order chi connectivity index (χ0) is 5.98. The molecule has 0 N–H and O–H groups in total. The van der Waals surface area contributed by atoms with Crippen molar-refractivity contribution >= 4 is 33.9 Å². The summed E-state index contributed by atoms with van der Waals surface area (Å²) in [6.07, 6.45) is 0. The minimum Gasteiger partial charge on any atom is -0.148 e. The molecule has 1 unspecified atom stereocenters. The molecule has 1 aromatic rings.